The summed E-state index contributed by atoms with van der Waals surface area (Å²) in [4.78, 5) is 12.6. The Morgan fingerprint density at radius 2 is 2.00 bits per heavy atom. The van der Waals surface area contributed by atoms with Crippen LogP contribution in [0.25, 0.3) is 0 Å². The molecule has 1 amide bonds. The number of nitrogens with two attached hydrogens (primary N) is 1. The number of thiophene rings is 1. The summed E-state index contributed by atoms with van der Waals surface area (Å²) in [5.41, 5.74) is 6.54. The van der Waals surface area contributed by atoms with Crippen molar-refractivity contribution in [2.45, 2.75) is 38.6 Å². The van der Waals surface area contributed by atoms with Crippen LogP contribution in [0.1, 0.15) is 42.3 Å². The number of hydrogen-bond acceptors (Lipinski definition) is 5. The highest BCUT2D eigenvalue weighted by Gasteiger charge is 2.42. The predicted molar refractivity (Wildman–Crippen MR) is 86.1 cm³/mol. The zero-order valence-electron chi connectivity index (χ0n) is 12.6. The molecule has 6 heteroatoms. The highest BCUT2D eigenvalue weighted by molar-refractivity contribution is 7.19. The molecule has 2 fully saturated rings. The Kier molecular flexibility index (Phi) is 3.97. The first-order valence-corrected chi connectivity index (χ1v) is 8.48. The minimum atomic E-state index is -0.124. The van der Waals surface area contributed by atoms with E-state index in [1.165, 1.54) is 37.0 Å². The third kappa shape index (κ3) is 2.95. The maximum absolute atomic E-state index is 12.1. The lowest BCUT2D eigenvalue weighted by molar-refractivity contribution is 0.0960. The van der Waals surface area contributed by atoms with Crippen LogP contribution in [-0.2, 0) is 0 Å². The Morgan fingerprint density at radius 3 is 2.48 bits per heavy atom. The topological polar surface area (TPSA) is 76.4 Å². The molecular formula is C15H23N3O2S. The maximum atomic E-state index is 12.1. The summed E-state index contributed by atoms with van der Waals surface area (Å²) in [6.07, 6.45) is 5.22. The average Bonchev–Trinajstić information content (AvgIpc) is 3.35. The highest BCUT2D eigenvalue weighted by atomic mass is 32.1. The van der Waals surface area contributed by atoms with Gasteiger partial charge in [-0.15, -0.1) is 11.3 Å². The van der Waals surface area contributed by atoms with E-state index in [2.05, 4.69) is 10.6 Å². The molecule has 1 aromatic heterocycles. The van der Waals surface area contributed by atoms with Gasteiger partial charge in [-0.25, -0.2) is 0 Å². The molecule has 0 unspecified atom stereocenters. The molecule has 21 heavy (non-hydrogen) atoms. The fourth-order valence-electron chi connectivity index (χ4n) is 2.82. The molecule has 5 nitrogen and oxygen atoms in total. The van der Waals surface area contributed by atoms with Crippen molar-refractivity contribution >= 4 is 27.9 Å². The second kappa shape index (κ2) is 5.75. The van der Waals surface area contributed by atoms with E-state index in [1.54, 1.807) is 7.11 Å². The maximum Gasteiger partial charge on any atom is 0.263 e. The van der Waals surface area contributed by atoms with Crippen molar-refractivity contribution in [3.63, 3.8) is 0 Å². The third-order valence-corrected chi connectivity index (χ3v) is 5.32. The minimum Gasteiger partial charge on any atom is -0.492 e. The molecule has 0 atom stereocenters. The molecular weight excluding hydrogens is 286 g/mol. The van der Waals surface area contributed by atoms with Crippen molar-refractivity contribution in [3.8, 4) is 5.75 Å². The van der Waals surface area contributed by atoms with Gasteiger partial charge in [0.15, 0.2) is 5.75 Å². The molecule has 2 saturated carbocycles. The second-order valence-electron chi connectivity index (χ2n) is 5.91. The first kappa shape index (κ1) is 14.5. The second-order valence-corrected chi connectivity index (χ2v) is 6.93. The number of amides is 1. The van der Waals surface area contributed by atoms with Crippen LogP contribution in [0.3, 0.4) is 0 Å². The van der Waals surface area contributed by atoms with Gasteiger partial charge in [-0.05, 0) is 44.4 Å². The zero-order valence-corrected chi connectivity index (χ0v) is 13.4. The number of ether oxygens (including phenoxy) is 1. The predicted octanol–water partition coefficient (Wildman–Crippen LogP) is 2.69. The largest absolute Gasteiger partial charge is 0.492 e. The molecule has 0 radical (unpaired) electrons. The van der Waals surface area contributed by atoms with Crippen molar-refractivity contribution in [1.82, 2.24) is 5.32 Å². The van der Waals surface area contributed by atoms with Gasteiger partial charge in [0.05, 0.1) is 7.11 Å². The molecule has 2 aliphatic rings. The number of carbonyl (C=O) groups is 1. The lowest BCUT2D eigenvalue weighted by Crippen LogP contribution is -2.23. The van der Waals surface area contributed by atoms with Crippen LogP contribution in [0.4, 0.5) is 10.7 Å². The number of rotatable bonds is 7. The Hall–Kier alpha value is -1.43. The summed E-state index contributed by atoms with van der Waals surface area (Å²) >= 11 is 1.40. The average molecular weight is 309 g/mol. The Balaban J connectivity index is 1.83. The Morgan fingerprint density at radius 1 is 1.38 bits per heavy atom. The number of carbonyl (C=O) groups excluding carboxylic acids is 1. The molecule has 2 aliphatic carbocycles. The molecule has 1 aromatic rings. The Bertz CT molecular complexity index is 523. The number of nitrogen functional groups attached to an aromatic ring is 1. The molecule has 1 heterocycles. The summed E-state index contributed by atoms with van der Waals surface area (Å²) < 4.78 is 5.43. The van der Waals surface area contributed by atoms with E-state index in [0.29, 0.717) is 28.9 Å². The van der Waals surface area contributed by atoms with E-state index >= 15 is 0 Å². The van der Waals surface area contributed by atoms with Crippen LogP contribution >= 0.6 is 11.3 Å². The minimum absolute atomic E-state index is 0.124. The van der Waals surface area contributed by atoms with Crippen molar-refractivity contribution in [2.75, 3.05) is 24.7 Å². The number of hydrogen-bond donors (Lipinski definition) is 3. The molecule has 4 N–H and O–H groups in total. The molecule has 0 aliphatic heterocycles. The van der Waals surface area contributed by atoms with Crippen LogP contribution in [-0.4, -0.2) is 25.6 Å². The van der Waals surface area contributed by atoms with E-state index in [4.69, 9.17) is 10.5 Å². The molecule has 0 bridgehead atoms. The molecule has 116 valence electrons. The van der Waals surface area contributed by atoms with Crippen molar-refractivity contribution in [2.24, 2.45) is 11.8 Å². The molecule has 3 rings (SSSR count). The van der Waals surface area contributed by atoms with Crippen LogP contribution in [0.2, 0.25) is 0 Å². The lowest BCUT2D eigenvalue weighted by atomic mass is 10.1. The van der Waals surface area contributed by atoms with Crippen molar-refractivity contribution < 1.29 is 9.53 Å². The lowest BCUT2D eigenvalue weighted by Gasteiger charge is -2.18. The van der Waals surface area contributed by atoms with Crippen LogP contribution < -0.4 is 21.1 Å². The van der Waals surface area contributed by atoms with Crippen LogP contribution in [0.15, 0.2) is 0 Å². The van der Waals surface area contributed by atoms with E-state index < -0.39 is 0 Å². The van der Waals surface area contributed by atoms with Gasteiger partial charge in [0.2, 0.25) is 0 Å². The van der Waals surface area contributed by atoms with Gasteiger partial charge in [-0.3, -0.25) is 4.79 Å². The van der Waals surface area contributed by atoms with E-state index in [9.17, 15) is 4.79 Å². The highest BCUT2D eigenvalue weighted by Crippen LogP contribution is 2.49. The number of nitrogens with one attached hydrogen (secondary N) is 2. The molecule has 0 aromatic carbocycles. The zero-order chi connectivity index (χ0) is 15.0. The fraction of sp³-hybridized carbons (Fsp3) is 0.667. The number of anilines is 2. The summed E-state index contributed by atoms with van der Waals surface area (Å²) in [5.74, 6) is 2.05. The fourth-order valence-corrected chi connectivity index (χ4v) is 3.87. The van der Waals surface area contributed by atoms with Gasteiger partial charge in [0, 0.05) is 12.6 Å². The standard InChI is InChI=1S/C15H23N3O2S/c1-3-17-14(19)13-10(16)12(20-2)15(21-13)18-11(8-4-5-8)9-6-7-9/h8-9,11,18H,3-7,16H2,1-2H3,(H,17,19). The third-order valence-electron chi connectivity index (χ3n) is 4.20. The van der Waals surface area contributed by atoms with Crippen molar-refractivity contribution in [1.29, 1.82) is 0 Å². The van der Waals surface area contributed by atoms with Gasteiger partial charge < -0.3 is 21.1 Å². The number of methoxy groups -OCH3 is 1. The quantitative estimate of drug-likeness (QED) is 0.724. The first-order chi connectivity index (χ1) is 10.2. The van der Waals surface area contributed by atoms with Crippen molar-refractivity contribution in [3.05, 3.63) is 4.88 Å². The van der Waals surface area contributed by atoms with E-state index in [0.717, 1.165) is 16.8 Å². The first-order valence-electron chi connectivity index (χ1n) is 7.66. The van der Waals surface area contributed by atoms with Crippen LogP contribution in [0, 0.1) is 11.8 Å². The summed E-state index contributed by atoms with van der Waals surface area (Å²) in [7, 11) is 1.61. The smallest absolute Gasteiger partial charge is 0.263 e. The van der Waals surface area contributed by atoms with Gasteiger partial charge >= 0.3 is 0 Å². The monoisotopic (exact) mass is 309 g/mol. The molecule has 0 spiro atoms. The molecule has 0 saturated heterocycles. The summed E-state index contributed by atoms with van der Waals surface area (Å²) in [6, 6.07) is 0.513. The van der Waals surface area contributed by atoms with E-state index in [1.807, 2.05) is 6.92 Å². The van der Waals surface area contributed by atoms with Gasteiger partial charge in [-0.2, -0.15) is 0 Å². The van der Waals surface area contributed by atoms with Crippen LogP contribution in [0.5, 0.6) is 5.75 Å². The van der Waals surface area contributed by atoms with Gasteiger partial charge in [-0.1, -0.05) is 0 Å². The summed E-state index contributed by atoms with van der Waals surface area (Å²) in [6.45, 7) is 2.49. The normalized spacial score (nSPS) is 17.9. The summed E-state index contributed by atoms with van der Waals surface area (Å²) in [5, 5.41) is 7.32. The van der Waals surface area contributed by atoms with Gasteiger partial charge in [0.1, 0.15) is 15.6 Å². The SMILES string of the molecule is CCNC(=O)c1sc(NC(C2CC2)C2CC2)c(OC)c1N. The van der Waals surface area contributed by atoms with Gasteiger partial charge in [0.25, 0.3) is 5.91 Å². The Labute approximate surface area is 129 Å². The van der Waals surface area contributed by atoms with E-state index in [-0.39, 0.29) is 5.91 Å².